The van der Waals surface area contributed by atoms with E-state index in [1.807, 2.05) is 43.3 Å². The molecule has 2 aromatic carbocycles. The van der Waals surface area contributed by atoms with Crippen molar-refractivity contribution < 1.29 is 14.3 Å². The molecule has 126 valence electrons. The molecule has 0 aromatic heterocycles. The normalized spacial score (nSPS) is 12.0. The fourth-order valence-electron chi connectivity index (χ4n) is 2.19. The Hall–Kier alpha value is -2.27. The van der Waals surface area contributed by atoms with Gasteiger partial charge in [-0.3, -0.25) is 4.79 Å². The summed E-state index contributed by atoms with van der Waals surface area (Å²) in [4.78, 5) is 12.1. The predicted molar refractivity (Wildman–Crippen MR) is 99.3 cm³/mol. The molecular formula is C19H20BrNO3. The van der Waals surface area contributed by atoms with E-state index in [0.29, 0.717) is 11.5 Å². The van der Waals surface area contributed by atoms with Crippen LogP contribution in [0.15, 0.2) is 53.0 Å². The number of hydrogen-bond donors (Lipinski definition) is 1. The number of halogens is 1. The van der Waals surface area contributed by atoms with Crippen molar-refractivity contribution in [1.82, 2.24) is 5.32 Å². The monoisotopic (exact) mass is 389 g/mol. The maximum Gasteiger partial charge on any atom is 0.244 e. The Balaban J connectivity index is 2.03. The van der Waals surface area contributed by atoms with Crippen molar-refractivity contribution in [2.75, 3.05) is 14.2 Å². The second-order valence-corrected chi connectivity index (χ2v) is 6.18. The molecule has 0 saturated carbocycles. The minimum absolute atomic E-state index is 0.0740. The first kappa shape index (κ1) is 18.1. The third kappa shape index (κ3) is 5.13. The number of carbonyl (C=O) groups excluding carboxylic acids is 1. The lowest BCUT2D eigenvalue weighted by Crippen LogP contribution is -2.24. The smallest absolute Gasteiger partial charge is 0.244 e. The van der Waals surface area contributed by atoms with Gasteiger partial charge in [-0.15, -0.1) is 0 Å². The highest BCUT2D eigenvalue weighted by molar-refractivity contribution is 9.10. The fourth-order valence-corrected chi connectivity index (χ4v) is 2.46. The van der Waals surface area contributed by atoms with Gasteiger partial charge in [0, 0.05) is 16.6 Å². The van der Waals surface area contributed by atoms with Gasteiger partial charge in [0.25, 0.3) is 0 Å². The molecular weight excluding hydrogens is 370 g/mol. The molecule has 2 rings (SSSR count). The summed E-state index contributed by atoms with van der Waals surface area (Å²) in [7, 11) is 3.18. The maximum atomic E-state index is 12.1. The van der Waals surface area contributed by atoms with E-state index in [1.54, 1.807) is 26.4 Å². The second kappa shape index (κ2) is 8.55. The van der Waals surface area contributed by atoms with Crippen LogP contribution < -0.4 is 14.8 Å². The van der Waals surface area contributed by atoms with Gasteiger partial charge in [-0.2, -0.15) is 0 Å². The van der Waals surface area contributed by atoms with E-state index in [0.717, 1.165) is 15.6 Å². The van der Waals surface area contributed by atoms with Crippen LogP contribution in [-0.2, 0) is 4.79 Å². The third-order valence-electron chi connectivity index (χ3n) is 3.53. The van der Waals surface area contributed by atoms with Crippen molar-refractivity contribution in [1.29, 1.82) is 0 Å². The van der Waals surface area contributed by atoms with E-state index in [2.05, 4.69) is 21.2 Å². The van der Waals surface area contributed by atoms with Gasteiger partial charge in [0.05, 0.1) is 20.3 Å². The van der Waals surface area contributed by atoms with Gasteiger partial charge in [0.2, 0.25) is 5.91 Å². The van der Waals surface area contributed by atoms with Crippen LogP contribution in [0.3, 0.4) is 0 Å². The van der Waals surface area contributed by atoms with Gasteiger partial charge in [-0.05, 0) is 48.4 Å². The van der Waals surface area contributed by atoms with Crippen LogP contribution in [-0.4, -0.2) is 20.1 Å². The van der Waals surface area contributed by atoms with Crippen molar-refractivity contribution in [3.05, 3.63) is 64.1 Å². The average Bonchev–Trinajstić information content (AvgIpc) is 2.60. The number of ether oxygens (including phenoxy) is 2. The van der Waals surface area contributed by atoms with Gasteiger partial charge in [-0.25, -0.2) is 0 Å². The molecule has 0 aliphatic carbocycles. The van der Waals surface area contributed by atoms with Gasteiger partial charge in [0.15, 0.2) is 0 Å². The van der Waals surface area contributed by atoms with Crippen LogP contribution in [0, 0.1) is 0 Å². The zero-order valence-corrected chi connectivity index (χ0v) is 15.5. The standard InChI is InChI=1S/C19H20BrNO3/c1-13(15-5-7-16(20)8-6-15)21-19(22)9-4-14-10-17(23-2)12-18(11-14)24-3/h4-13H,1-3H3,(H,21,22)/b9-4+/t13-/m1/s1. The molecule has 2 aromatic rings. The molecule has 0 aliphatic heterocycles. The Morgan fingerprint density at radius 1 is 1.08 bits per heavy atom. The zero-order chi connectivity index (χ0) is 17.5. The first-order chi connectivity index (χ1) is 11.5. The summed E-state index contributed by atoms with van der Waals surface area (Å²) < 4.78 is 11.4. The molecule has 4 nitrogen and oxygen atoms in total. The van der Waals surface area contributed by atoms with E-state index in [9.17, 15) is 4.79 Å². The van der Waals surface area contributed by atoms with E-state index in [4.69, 9.17) is 9.47 Å². The lowest BCUT2D eigenvalue weighted by atomic mass is 10.1. The summed E-state index contributed by atoms with van der Waals surface area (Å²) >= 11 is 3.40. The lowest BCUT2D eigenvalue weighted by Gasteiger charge is -2.13. The number of amides is 1. The average molecular weight is 390 g/mol. The number of nitrogens with one attached hydrogen (secondary N) is 1. The Bertz CT molecular complexity index is 704. The van der Waals surface area contributed by atoms with Crippen LogP contribution in [0.5, 0.6) is 11.5 Å². The summed E-state index contributed by atoms with van der Waals surface area (Å²) in [6, 6.07) is 13.3. The molecule has 0 heterocycles. The van der Waals surface area contributed by atoms with E-state index in [-0.39, 0.29) is 11.9 Å². The fraction of sp³-hybridized carbons (Fsp3) is 0.211. The number of hydrogen-bond acceptors (Lipinski definition) is 3. The van der Waals surface area contributed by atoms with Crippen LogP contribution >= 0.6 is 15.9 Å². The topological polar surface area (TPSA) is 47.6 Å². The molecule has 0 bridgehead atoms. The number of benzene rings is 2. The van der Waals surface area contributed by atoms with Crippen molar-refractivity contribution in [2.45, 2.75) is 13.0 Å². The Morgan fingerprint density at radius 2 is 1.67 bits per heavy atom. The predicted octanol–water partition coefficient (Wildman–Crippen LogP) is 4.36. The van der Waals surface area contributed by atoms with Crippen LogP contribution in [0.2, 0.25) is 0 Å². The van der Waals surface area contributed by atoms with Gasteiger partial charge >= 0.3 is 0 Å². The second-order valence-electron chi connectivity index (χ2n) is 5.26. The summed E-state index contributed by atoms with van der Waals surface area (Å²) in [5.41, 5.74) is 1.88. The summed E-state index contributed by atoms with van der Waals surface area (Å²) in [6.45, 7) is 1.95. The molecule has 0 aliphatic rings. The Kier molecular flexibility index (Phi) is 6.44. The first-order valence-electron chi connectivity index (χ1n) is 7.49. The molecule has 5 heteroatoms. The molecule has 0 fully saturated rings. The molecule has 0 radical (unpaired) electrons. The molecule has 1 atom stereocenters. The third-order valence-corrected chi connectivity index (χ3v) is 4.06. The zero-order valence-electron chi connectivity index (χ0n) is 13.9. The number of rotatable bonds is 6. The van der Waals surface area contributed by atoms with Crippen molar-refractivity contribution in [3.8, 4) is 11.5 Å². The number of methoxy groups -OCH3 is 2. The van der Waals surface area contributed by atoms with Crippen LogP contribution in [0.4, 0.5) is 0 Å². The van der Waals surface area contributed by atoms with Crippen molar-refractivity contribution in [3.63, 3.8) is 0 Å². The van der Waals surface area contributed by atoms with Crippen molar-refractivity contribution in [2.24, 2.45) is 0 Å². The largest absolute Gasteiger partial charge is 0.497 e. The Morgan fingerprint density at radius 3 is 2.21 bits per heavy atom. The van der Waals surface area contributed by atoms with Crippen LogP contribution in [0.25, 0.3) is 6.08 Å². The van der Waals surface area contributed by atoms with E-state index in [1.165, 1.54) is 6.08 Å². The summed E-state index contributed by atoms with van der Waals surface area (Å²) in [5.74, 6) is 1.20. The molecule has 1 amide bonds. The van der Waals surface area contributed by atoms with E-state index >= 15 is 0 Å². The summed E-state index contributed by atoms with van der Waals surface area (Å²) in [6.07, 6.45) is 3.23. The minimum Gasteiger partial charge on any atom is -0.497 e. The molecule has 24 heavy (non-hydrogen) atoms. The van der Waals surface area contributed by atoms with Crippen LogP contribution in [0.1, 0.15) is 24.1 Å². The van der Waals surface area contributed by atoms with Gasteiger partial charge < -0.3 is 14.8 Å². The highest BCUT2D eigenvalue weighted by atomic mass is 79.9. The van der Waals surface area contributed by atoms with Crippen molar-refractivity contribution >= 4 is 27.9 Å². The molecule has 0 saturated heterocycles. The number of carbonyl (C=O) groups is 1. The summed E-state index contributed by atoms with van der Waals surface area (Å²) in [5, 5.41) is 2.94. The Labute approximate surface area is 150 Å². The minimum atomic E-state index is -0.160. The maximum absolute atomic E-state index is 12.1. The lowest BCUT2D eigenvalue weighted by molar-refractivity contribution is -0.117. The highest BCUT2D eigenvalue weighted by Gasteiger charge is 2.07. The van der Waals surface area contributed by atoms with Gasteiger partial charge in [0.1, 0.15) is 11.5 Å². The molecule has 0 unspecified atom stereocenters. The quantitative estimate of drug-likeness (QED) is 0.746. The van der Waals surface area contributed by atoms with E-state index < -0.39 is 0 Å². The SMILES string of the molecule is COc1cc(/C=C/C(=O)N[C@H](C)c2ccc(Br)cc2)cc(OC)c1. The van der Waals surface area contributed by atoms with Gasteiger partial charge in [-0.1, -0.05) is 28.1 Å². The molecule has 1 N–H and O–H groups in total. The highest BCUT2D eigenvalue weighted by Crippen LogP contribution is 2.23. The first-order valence-corrected chi connectivity index (χ1v) is 8.28. The molecule has 0 spiro atoms.